The number of amides is 1. The minimum Gasteiger partial charge on any atom is -0.353 e. The summed E-state index contributed by atoms with van der Waals surface area (Å²) in [4.78, 5) is 18.1. The van der Waals surface area contributed by atoms with Gasteiger partial charge in [0.2, 0.25) is 5.91 Å². The average molecular weight is 331 g/mol. The molecule has 0 aliphatic carbocycles. The van der Waals surface area contributed by atoms with Crippen molar-refractivity contribution in [3.05, 3.63) is 54.1 Å². The molecule has 0 fully saturated rings. The highest BCUT2D eigenvalue weighted by atomic mass is 19.1. The average Bonchev–Trinajstić information content (AvgIpc) is 2.95. The van der Waals surface area contributed by atoms with Crippen LogP contribution in [-0.4, -0.2) is 42.0 Å². The molecule has 2 rings (SSSR count). The van der Waals surface area contributed by atoms with Gasteiger partial charge in [0.1, 0.15) is 5.82 Å². The van der Waals surface area contributed by atoms with Crippen LogP contribution in [0.4, 0.5) is 10.1 Å². The largest absolute Gasteiger partial charge is 0.353 e. The number of aliphatic imine (C=N–C) groups is 1. The highest BCUT2D eigenvalue weighted by Gasteiger charge is 2.10. The molecule has 0 saturated heterocycles. The van der Waals surface area contributed by atoms with Gasteiger partial charge < -0.3 is 20.1 Å². The monoisotopic (exact) mass is 331 g/mol. The van der Waals surface area contributed by atoms with E-state index in [9.17, 15) is 9.18 Å². The van der Waals surface area contributed by atoms with Gasteiger partial charge >= 0.3 is 0 Å². The van der Waals surface area contributed by atoms with Gasteiger partial charge in [-0.15, -0.1) is 0 Å². The molecule has 2 N–H and O–H groups in total. The first-order valence-electron chi connectivity index (χ1n) is 7.57. The van der Waals surface area contributed by atoms with Gasteiger partial charge in [-0.2, -0.15) is 0 Å². The molecule has 128 valence electrons. The molecule has 0 atom stereocenters. The summed E-state index contributed by atoms with van der Waals surface area (Å²) >= 11 is 0. The summed E-state index contributed by atoms with van der Waals surface area (Å²) in [6.45, 7) is 0.740. The van der Waals surface area contributed by atoms with Gasteiger partial charge in [-0.05, 0) is 36.4 Å². The number of rotatable bonds is 5. The van der Waals surface area contributed by atoms with E-state index >= 15 is 0 Å². The number of aryl methyl sites for hydroxylation is 1. The number of hydrogen-bond acceptors (Lipinski definition) is 2. The van der Waals surface area contributed by atoms with Crippen LogP contribution in [0.3, 0.4) is 0 Å². The molecule has 1 amide bonds. The molecule has 0 aliphatic heterocycles. The summed E-state index contributed by atoms with van der Waals surface area (Å²) in [5.41, 5.74) is 1.69. The van der Waals surface area contributed by atoms with Crippen molar-refractivity contribution in [2.75, 3.05) is 26.0 Å². The standard InChI is InChI=1S/C17H22FN5O/c1-19-17(23(3)12-15-5-4-10-22(15)2)20-11-16(24)21-14-8-6-13(18)7-9-14/h4-10H,11-12H2,1-3H3,(H,19,20)(H,21,24). The lowest BCUT2D eigenvalue weighted by Crippen LogP contribution is -2.42. The third kappa shape index (κ3) is 4.84. The fourth-order valence-corrected chi connectivity index (χ4v) is 2.26. The molecule has 0 bridgehead atoms. The maximum Gasteiger partial charge on any atom is 0.243 e. The normalized spacial score (nSPS) is 11.2. The first-order valence-corrected chi connectivity index (χ1v) is 7.57. The summed E-state index contributed by atoms with van der Waals surface area (Å²) < 4.78 is 14.9. The fourth-order valence-electron chi connectivity index (χ4n) is 2.26. The van der Waals surface area contributed by atoms with Gasteiger partial charge in [0.25, 0.3) is 0 Å². The van der Waals surface area contributed by atoms with E-state index in [0.717, 1.165) is 5.69 Å². The first-order chi connectivity index (χ1) is 11.5. The number of carbonyl (C=O) groups excluding carboxylic acids is 1. The Morgan fingerprint density at radius 3 is 2.58 bits per heavy atom. The molecule has 1 heterocycles. The van der Waals surface area contributed by atoms with Crippen LogP contribution in [0.15, 0.2) is 47.6 Å². The van der Waals surface area contributed by atoms with Crippen molar-refractivity contribution in [1.82, 2.24) is 14.8 Å². The van der Waals surface area contributed by atoms with E-state index in [4.69, 9.17) is 0 Å². The SMILES string of the molecule is CN=C(NCC(=O)Nc1ccc(F)cc1)N(C)Cc1cccn1C. The molecular formula is C17H22FN5O. The van der Waals surface area contributed by atoms with E-state index in [-0.39, 0.29) is 18.3 Å². The number of nitrogens with one attached hydrogen (secondary N) is 2. The van der Waals surface area contributed by atoms with Crippen LogP contribution in [0.5, 0.6) is 0 Å². The van der Waals surface area contributed by atoms with Gasteiger partial charge in [-0.1, -0.05) is 0 Å². The molecular weight excluding hydrogens is 309 g/mol. The molecule has 1 aromatic carbocycles. The van der Waals surface area contributed by atoms with Gasteiger partial charge in [0, 0.05) is 38.7 Å². The molecule has 0 aliphatic rings. The Balaban J connectivity index is 1.85. The molecule has 7 heteroatoms. The lowest BCUT2D eigenvalue weighted by atomic mass is 10.3. The smallest absolute Gasteiger partial charge is 0.243 e. The summed E-state index contributed by atoms with van der Waals surface area (Å²) in [6, 6.07) is 9.65. The van der Waals surface area contributed by atoms with Crippen LogP contribution in [0.1, 0.15) is 5.69 Å². The molecule has 0 saturated carbocycles. The second-order valence-corrected chi connectivity index (χ2v) is 5.42. The lowest BCUT2D eigenvalue weighted by molar-refractivity contribution is -0.115. The van der Waals surface area contributed by atoms with Crippen molar-refractivity contribution < 1.29 is 9.18 Å². The summed E-state index contributed by atoms with van der Waals surface area (Å²) in [5.74, 6) is 0.0503. The summed E-state index contributed by atoms with van der Waals surface area (Å²) in [7, 11) is 5.55. The maximum absolute atomic E-state index is 12.8. The van der Waals surface area contributed by atoms with Crippen molar-refractivity contribution in [2.24, 2.45) is 12.0 Å². The van der Waals surface area contributed by atoms with Gasteiger partial charge in [0.05, 0.1) is 13.1 Å². The Hall–Kier alpha value is -2.83. The van der Waals surface area contributed by atoms with Crippen molar-refractivity contribution >= 4 is 17.6 Å². The van der Waals surface area contributed by atoms with Crippen molar-refractivity contribution in [1.29, 1.82) is 0 Å². The van der Waals surface area contributed by atoms with Crippen LogP contribution in [0, 0.1) is 5.82 Å². The van der Waals surface area contributed by atoms with E-state index < -0.39 is 0 Å². The molecule has 0 spiro atoms. The van der Waals surface area contributed by atoms with Gasteiger partial charge in [-0.25, -0.2) is 4.39 Å². The number of aromatic nitrogens is 1. The quantitative estimate of drug-likeness (QED) is 0.649. The second-order valence-electron chi connectivity index (χ2n) is 5.42. The van der Waals surface area contributed by atoms with Crippen molar-refractivity contribution in [3.63, 3.8) is 0 Å². The van der Waals surface area contributed by atoms with Gasteiger partial charge in [0.15, 0.2) is 5.96 Å². The number of carbonyl (C=O) groups is 1. The predicted molar refractivity (Wildman–Crippen MR) is 93.3 cm³/mol. The van der Waals surface area contributed by atoms with E-state index in [1.807, 2.05) is 41.9 Å². The Bertz CT molecular complexity index is 708. The Morgan fingerprint density at radius 2 is 2.00 bits per heavy atom. The number of guanidine groups is 1. The van der Waals surface area contributed by atoms with E-state index in [1.165, 1.54) is 24.3 Å². The van der Waals surface area contributed by atoms with E-state index in [2.05, 4.69) is 15.6 Å². The molecule has 0 unspecified atom stereocenters. The van der Waals surface area contributed by atoms with Gasteiger partial charge in [-0.3, -0.25) is 9.79 Å². The van der Waals surface area contributed by atoms with E-state index in [1.54, 1.807) is 7.05 Å². The maximum atomic E-state index is 12.8. The first kappa shape index (κ1) is 17.5. The topological polar surface area (TPSA) is 61.7 Å². The Kier molecular flexibility index (Phi) is 5.95. The van der Waals surface area contributed by atoms with Crippen LogP contribution < -0.4 is 10.6 Å². The third-order valence-electron chi connectivity index (χ3n) is 3.56. The van der Waals surface area contributed by atoms with Crippen molar-refractivity contribution in [2.45, 2.75) is 6.54 Å². The number of anilines is 1. The van der Waals surface area contributed by atoms with Crippen LogP contribution in [0.2, 0.25) is 0 Å². The zero-order valence-corrected chi connectivity index (χ0v) is 14.1. The molecule has 1 aromatic heterocycles. The zero-order valence-electron chi connectivity index (χ0n) is 14.1. The zero-order chi connectivity index (χ0) is 17.5. The minimum atomic E-state index is -0.339. The molecule has 2 aromatic rings. The number of nitrogens with zero attached hydrogens (tertiary/aromatic N) is 3. The van der Waals surface area contributed by atoms with E-state index in [0.29, 0.717) is 18.2 Å². The third-order valence-corrected chi connectivity index (χ3v) is 3.56. The van der Waals surface area contributed by atoms with Crippen LogP contribution in [0.25, 0.3) is 0 Å². The van der Waals surface area contributed by atoms with Crippen molar-refractivity contribution in [3.8, 4) is 0 Å². The number of hydrogen-bond donors (Lipinski definition) is 2. The Labute approximate surface area is 141 Å². The summed E-state index contributed by atoms with van der Waals surface area (Å²) in [5, 5.41) is 5.71. The Morgan fingerprint density at radius 1 is 1.29 bits per heavy atom. The molecule has 6 nitrogen and oxygen atoms in total. The van der Waals surface area contributed by atoms with Crippen LogP contribution in [-0.2, 0) is 18.4 Å². The van der Waals surface area contributed by atoms with Crippen LogP contribution >= 0.6 is 0 Å². The fraction of sp³-hybridized carbons (Fsp3) is 0.294. The highest BCUT2D eigenvalue weighted by Crippen LogP contribution is 2.08. The lowest BCUT2D eigenvalue weighted by Gasteiger charge is -2.22. The number of benzene rings is 1. The number of halogens is 1. The second kappa shape index (κ2) is 8.14. The summed E-state index contributed by atoms with van der Waals surface area (Å²) in [6.07, 6.45) is 1.98. The molecule has 24 heavy (non-hydrogen) atoms. The molecule has 0 radical (unpaired) electrons. The predicted octanol–water partition coefficient (Wildman–Crippen LogP) is 1.81. The minimum absolute atomic E-state index is 0.0710. The highest BCUT2D eigenvalue weighted by molar-refractivity contribution is 5.94.